The fourth-order valence-corrected chi connectivity index (χ4v) is 3.78. The topological polar surface area (TPSA) is 75.1 Å². The van der Waals surface area contributed by atoms with Gasteiger partial charge >= 0.3 is 0 Å². The highest BCUT2D eigenvalue weighted by molar-refractivity contribution is 6.05. The number of aryl methyl sites for hydroxylation is 2. The normalized spacial score (nSPS) is 12.0. The van der Waals surface area contributed by atoms with E-state index in [-0.39, 0.29) is 11.7 Å². The highest BCUT2D eigenvalue weighted by atomic mass is 16.3. The van der Waals surface area contributed by atoms with Crippen LogP contribution in [0.4, 0.5) is 5.82 Å². The number of carbonyl (C=O) groups is 1. The third kappa shape index (κ3) is 3.31. The Labute approximate surface area is 174 Å². The largest absolute Gasteiger partial charge is 0.508 e. The second-order valence-corrected chi connectivity index (χ2v) is 7.24. The number of hydrogen-bond acceptors (Lipinski definition) is 4. The van der Waals surface area contributed by atoms with Crippen molar-refractivity contribution >= 4 is 11.7 Å². The standard InChI is InChI=1S/C25H19N3O2/c29-19-12-13-20-18(15-19)11-14-21-23(20)27-22(16-7-3-1-4-8-16)24(26-21)28-25(30)17-9-5-2-6-10-17/h1-10,12-13,15,29H,11,14H2,(H,26,28,30). The maximum absolute atomic E-state index is 12.8. The second-order valence-electron chi connectivity index (χ2n) is 7.24. The number of carbonyl (C=O) groups excluding carboxylic acids is 1. The van der Waals surface area contributed by atoms with Crippen molar-refractivity contribution in [1.29, 1.82) is 0 Å². The molecule has 2 N–H and O–H groups in total. The molecule has 1 aliphatic rings. The third-order valence-electron chi connectivity index (χ3n) is 5.26. The van der Waals surface area contributed by atoms with Crippen LogP contribution >= 0.6 is 0 Å². The molecule has 1 amide bonds. The lowest BCUT2D eigenvalue weighted by atomic mass is 9.91. The summed E-state index contributed by atoms with van der Waals surface area (Å²) in [6.07, 6.45) is 1.46. The van der Waals surface area contributed by atoms with E-state index >= 15 is 0 Å². The molecule has 0 radical (unpaired) electrons. The molecule has 0 fully saturated rings. The molecule has 0 unspecified atom stereocenters. The monoisotopic (exact) mass is 393 g/mol. The SMILES string of the molecule is O=C(Nc1nc2c(nc1-c1ccccc1)-c1ccc(O)cc1CC2)c1ccccc1. The van der Waals surface area contributed by atoms with Gasteiger partial charge in [-0.25, -0.2) is 9.97 Å². The molecule has 5 rings (SSSR count). The van der Waals surface area contributed by atoms with Crippen molar-refractivity contribution < 1.29 is 9.90 Å². The zero-order valence-corrected chi connectivity index (χ0v) is 16.2. The number of fused-ring (bicyclic) bond motifs is 3. The molecule has 0 atom stereocenters. The van der Waals surface area contributed by atoms with Crippen LogP contribution in [0.3, 0.4) is 0 Å². The van der Waals surface area contributed by atoms with Crippen LogP contribution in [-0.2, 0) is 12.8 Å². The summed E-state index contributed by atoms with van der Waals surface area (Å²) in [6, 6.07) is 24.1. The number of phenolic OH excluding ortho intramolecular Hbond substituents is 1. The molecule has 0 saturated heterocycles. The van der Waals surface area contributed by atoms with Crippen LogP contribution in [0.2, 0.25) is 0 Å². The molecule has 1 aromatic heterocycles. The van der Waals surface area contributed by atoms with Crippen molar-refractivity contribution in [2.24, 2.45) is 0 Å². The number of hydrogen-bond donors (Lipinski definition) is 2. The van der Waals surface area contributed by atoms with Gasteiger partial charge in [-0.15, -0.1) is 0 Å². The maximum Gasteiger partial charge on any atom is 0.256 e. The number of anilines is 1. The van der Waals surface area contributed by atoms with Crippen LogP contribution in [0, 0.1) is 0 Å². The predicted molar refractivity (Wildman–Crippen MR) is 116 cm³/mol. The smallest absolute Gasteiger partial charge is 0.256 e. The van der Waals surface area contributed by atoms with Crippen LogP contribution in [0.1, 0.15) is 21.6 Å². The van der Waals surface area contributed by atoms with Crippen molar-refractivity contribution in [2.75, 3.05) is 5.32 Å². The fraction of sp³-hybridized carbons (Fsp3) is 0.0800. The van der Waals surface area contributed by atoms with E-state index in [2.05, 4.69) is 5.32 Å². The summed E-state index contributed by atoms with van der Waals surface area (Å²) in [5.74, 6) is 0.486. The Bertz CT molecular complexity index is 1240. The van der Waals surface area contributed by atoms with Gasteiger partial charge in [0.05, 0.1) is 11.4 Å². The molecular formula is C25H19N3O2. The average Bonchev–Trinajstić information content (AvgIpc) is 2.79. The number of phenols is 1. The minimum atomic E-state index is -0.219. The van der Waals surface area contributed by atoms with E-state index in [1.54, 1.807) is 24.3 Å². The van der Waals surface area contributed by atoms with Gasteiger partial charge in [-0.1, -0.05) is 48.5 Å². The Morgan fingerprint density at radius 2 is 1.57 bits per heavy atom. The molecule has 1 aliphatic carbocycles. The Morgan fingerprint density at radius 3 is 2.33 bits per heavy atom. The molecular weight excluding hydrogens is 374 g/mol. The van der Waals surface area contributed by atoms with E-state index in [1.807, 2.05) is 54.6 Å². The number of aromatic hydroxyl groups is 1. The van der Waals surface area contributed by atoms with Gasteiger partial charge in [-0.3, -0.25) is 4.79 Å². The van der Waals surface area contributed by atoms with Crippen LogP contribution < -0.4 is 5.32 Å². The van der Waals surface area contributed by atoms with Crippen LogP contribution in [0.5, 0.6) is 5.75 Å². The van der Waals surface area contributed by atoms with Crippen LogP contribution in [-0.4, -0.2) is 21.0 Å². The van der Waals surface area contributed by atoms with Crippen molar-refractivity contribution in [3.63, 3.8) is 0 Å². The number of amides is 1. The molecule has 0 bridgehead atoms. The zero-order valence-electron chi connectivity index (χ0n) is 16.2. The summed E-state index contributed by atoms with van der Waals surface area (Å²) in [7, 11) is 0. The summed E-state index contributed by atoms with van der Waals surface area (Å²) in [4.78, 5) is 22.6. The van der Waals surface area contributed by atoms with Crippen molar-refractivity contribution in [1.82, 2.24) is 9.97 Å². The zero-order chi connectivity index (χ0) is 20.5. The third-order valence-corrected chi connectivity index (χ3v) is 5.26. The van der Waals surface area contributed by atoms with E-state index in [0.717, 1.165) is 34.5 Å². The van der Waals surface area contributed by atoms with Crippen LogP contribution in [0.25, 0.3) is 22.5 Å². The van der Waals surface area contributed by atoms with E-state index in [0.29, 0.717) is 23.5 Å². The first-order valence-electron chi connectivity index (χ1n) is 9.84. The number of nitrogens with zero attached hydrogens (tertiary/aromatic N) is 2. The van der Waals surface area contributed by atoms with E-state index in [4.69, 9.17) is 9.97 Å². The highest BCUT2D eigenvalue weighted by Gasteiger charge is 2.23. The molecule has 1 heterocycles. The lowest BCUT2D eigenvalue weighted by Gasteiger charge is -2.21. The Kier molecular flexibility index (Phi) is 4.48. The van der Waals surface area contributed by atoms with Gasteiger partial charge < -0.3 is 10.4 Å². The lowest BCUT2D eigenvalue weighted by molar-refractivity contribution is 0.102. The summed E-state index contributed by atoms with van der Waals surface area (Å²) >= 11 is 0. The van der Waals surface area contributed by atoms with Gasteiger partial charge in [-0.2, -0.15) is 0 Å². The van der Waals surface area contributed by atoms with E-state index in [9.17, 15) is 9.90 Å². The molecule has 4 aromatic rings. The van der Waals surface area contributed by atoms with E-state index < -0.39 is 0 Å². The lowest BCUT2D eigenvalue weighted by Crippen LogP contribution is -2.17. The number of benzene rings is 3. The molecule has 146 valence electrons. The fourth-order valence-electron chi connectivity index (χ4n) is 3.78. The second kappa shape index (κ2) is 7.44. The summed E-state index contributed by atoms with van der Waals surface area (Å²) in [5, 5.41) is 12.8. The first-order valence-corrected chi connectivity index (χ1v) is 9.84. The molecule has 5 nitrogen and oxygen atoms in total. The summed E-state index contributed by atoms with van der Waals surface area (Å²) in [6.45, 7) is 0. The molecule has 3 aromatic carbocycles. The molecule has 5 heteroatoms. The van der Waals surface area contributed by atoms with Gasteiger partial charge in [0.1, 0.15) is 11.4 Å². The number of aromatic nitrogens is 2. The summed E-state index contributed by atoms with van der Waals surface area (Å²) in [5.41, 5.74) is 5.74. The molecule has 0 saturated carbocycles. The Hall–Kier alpha value is -3.99. The maximum atomic E-state index is 12.8. The quantitative estimate of drug-likeness (QED) is 0.521. The van der Waals surface area contributed by atoms with Crippen molar-refractivity contribution in [3.05, 3.63) is 95.7 Å². The average molecular weight is 393 g/mol. The Morgan fingerprint density at radius 1 is 0.833 bits per heavy atom. The molecule has 0 aliphatic heterocycles. The van der Waals surface area contributed by atoms with Gasteiger partial charge in [-0.05, 0) is 48.7 Å². The van der Waals surface area contributed by atoms with Gasteiger partial charge in [0, 0.05) is 16.7 Å². The Balaban J connectivity index is 1.64. The minimum Gasteiger partial charge on any atom is -0.508 e. The van der Waals surface area contributed by atoms with Crippen molar-refractivity contribution in [3.8, 4) is 28.3 Å². The van der Waals surface area contributed by atoms with E-state index in [1.165, 1.54) is 0 Å². The van der Waals surface area contributed by atoms with Crippen LogP contribution in [0.15, 0.2) is 78.9 Å². The van der Waals surface area contributed by atoms with Gasteiger partial charge in [0.25, 0.3) is 5.91 Å². The minimum absolute atomic E-state index is 0.219. The highest BCUT2D eigenvalue weighted by Crippen LogP contribution is 2.36. The van der Waals surface area contributed by atoms with Gasteiger partial charge in [0.15, 0.2) is 5.82 Å². The molecule has 30 heavy (non-hydrogen) atoms. The number of rotatable bonds is 3. The molecule has 0 spiro atoms. The summed E-state index contributed by atoms with van der Waals surface area (Å²) < 4.78 is 0. The first-order chi connectivity index (χ1) is 14.7. The first kappa shape index (κ1) is 18.1. The van der Waals surface area contributed by atoms with Crippen molar-refractivity contribution in [2.45, 2.75) is 12.8 Å². The van der Waals surface area contributed by atoms with Gasteiger partial charge in [0.2, 0.25) is 0 Å². The number of nitrogens with one attached hydrogen (secondary N) is 1. The predicted octanol–water partition coefficient (Wildman–Crippen LogP) is 4.87.